The van der Waals surface area contributed by atoms with Gasteiger partial charge in [0.2, 0.25) is 5.91 Å². The van der Waals surface area contributed by atoms with Crippen molar-refractivity contribution in [1.29, 1.82) is 0 Å². The Bertz CT molecular complexity index is 1180. The van der Waals surface area contributed by atoms with Crippen molar-refractivity contribution in [3.8, 4) is 5.69 Å². The zero-order chi connectivity index (χ0) is 25.6. The zero-order valence-electron chi connectivity index (χ0n) is 21.0. The highest BCUT2D eigenvalue weighted by Gasteiger charge is 2.24. The maximum Gasteiger partial charge on any atom is 0.254 e. The number of halogens is 1. The number of benzene rings is 2. The number of carbonyl (C=O) groups is 2. The Morgan fingerprint density at radius 1 is 1.11 bits per heavy atom. The first-order chi connectivity index (χ1) is 16.6. The largest absolute Gasteiger partial charge is 0.385 e. The molecule has 0 bridgehead atoms. The van der Waals surface area contributed by atoms with Crippen LogP contribution < -0.4 is 5.32 Å². The molecule has 0 atom stereocenters. The molecule has 0 aliphatic heterocycles. The van der Waals surface area contributed by atoms with Crippen molar-refractivity contribution >= 4 is 29.2 Å². The van der Waals surface area contributed by atoms with Crippen molar-refractivity contribution in [3.05, 3.63) is 76.4 Å². The normalized spacial score (nSPS) is 11.4. The van der Waals surface area contributed by atoms with Crippen LogP contribution in [0.3, 0.4) is 0 Å². The predicted molar refractivity (Wildman–Crippen MR) is 139 cm³/mol. The molecule has 0 aliphatic rings. The quantitative estimate of drug-likeness (QED) is 0.410. The molecule has 35 heavy (non-hydrogen) atoms. The topological polar surface area (TPSA) is 76.5 Å². The van der Waals surface area contributed by atoms with Crippen LogP contribution in [0.25, 0.3) is 5.69 Å². The number of nitrogens with one attached hydrogen (secondary N) is 1. The number of aromatic nitrogens is 2. The van der Waals surface area contributed by atoms with Crippen LogP contribution in [0.5, 0.6) is 0 Å². The highest BCUT2D eigenvalue weighted by Crippen LogP contribution is 2.29. The number of nitrogens with zero attached hydrogens (tertiary/aromatic N) is 3. The van der Waals surface area contributed by atoms with Crippen LogP contribution in [0.15, 0.2) is 54.6 Å². The monoisotopic (exact) mass is 496 g/mol. The SMILES string of the molecule is COCCCN(CC(=O)Nc1cc(C(C)(C)C)nn1-c1ccccc1Cl)C(=O)c1ccccc1C. The molecule has 8 heteroatoms. The lowest BCUT2D eigenvalue weighted by molar-refractivity contribution is -0.117. The third-order valence-electron chi connectivity index (χ3n) is 5.60. The first-order valence-electron chi connectivity index (χ1n) is 11.6. The summed E-state index contributed by atoms with van der Waals surface area (Å²) in [5.74, 6) is -0.0180. The van der Waals surface area contributed by atoms with Gasteiger partial charge < -0.3 is 15.0 Å². The smallest absolute Gasteiger partial charge is 0.254 e. The summed E-state index contributed by atoms with van der Waals surface area (Å²) in [5.41, 5.74) is 2.67. The molecule has 0 saturated carbocycles. The van der Waals surface area contributed by atoms with Crippen molar-refractivity contribution < 1.29 is 14.3 Å². The molecule has 7 nitrogen and oxygen atoms in total. The van der Waals surface area contributed by atoms with Crippen LogP contribution in [0.2, 0.25) is 5.02 Å². The summed E-state index contributed by atoms with van der Waals surface area (Å²) in [7, 11) is 1.61. The first kappa shape index (κ1) is 26.4. The average molecular weight is 497 g/mol. The third kappa shape index (κ3) is 6.71. The van der Waals surface area contributed by atoms with Crippen molar-refractivity contribution in [2.24, 2.45) is 0 Å². The summed E-state index contributed by atoms with van der Waals surface area (Å²) in [6, 6.07) is 16.5. The second-order valence-corrected chi connectivity index (χ2v) is 9.87. The second kappa shape index (κ2) is 11.5. The Balaban J connectivity index is 1.87. The third-order valence-corrected chi connectivity index (χ3v) is 5.92. The van der Waals surface area contributed by atoms with E-state index in [1.807, 2.05) is 49.4 Å². The number of para-hydroxylation sites is 1. The molecule has 0 saturated heterocycles. The molecule has 1 N–H and O–H groups in total. The predicted octanol–water partition coefficient (Wildman–Crippen LogP) is 5.25. The number of rotatable bonds is 9. The van der Waals surface area contributed by atoms with Gasteiger partial charge in [-0.25, -0.2) is 4.68 Å². The van der Waals surface area contributed by atoms with Gasteiger partial charge in [-0.05, 0) is 37.1 Å². The maximum absolute atomic E-state index is 13.3. The van der Waals surface area contributed by atoms with Gasteiger partial charge in [0, 0.05) is 37.3 Å². The molecule has 3 rings (SSSR count). The summed E-state index contributed by atoms with van der Waals surface area (Å²) < 4.78 is 6.79. The molecule has 0 radical (unpaired) electrons. The van der Waals surface area contributed by atoms with Crippen molar-refractivity contribution in [3.63, 3.8) is 0 Å². The van der Waals surface area contributed by atoms with Gasteiger partial charge in [-0.3, -0.25) is 9.59 Å². The lowest BCUT2D eigenvalue weighted by atomic mass is 9.92. The van der Waals surface area contributed by atoms with E-state index in [1.54, 1.807) is 28.8 Å². The van der Waals surface area contributed by atoms with E-state index in [9.17, 15) is 9.59 Å². The molecular formula is C27H33ClN4O3. The minimum absolute atomic E-state index is 0.102. The van der Waals surface area contributed by atoms with Gasteiger partial charge in [0.25, 0.3) is 5.91 Å². The summed E-state index contributed by atoms with van der Waals surface area (Å²) in [5, 5.41) is 8.18. The van der Waals surface area contributed by atoms with Gasteiger partial charge in [0.15, 0.2) is 0 Å². The fraction of sp³-hybridized carbons (Fsp3) is 0.370. The van der Waals surface area contributed by atoms with Crippen LogP contribution in [-0.4, -0.2) is 53.3 Å². The first-order valence-corrected chi connectivity index (χ1v) is 12.0. The Kier molecular flexibility index (Phi) is 8.70. The molecule has 2 aromatic carbocycles. The molecule has 0 unspecified atom stereocenters. The minimum atomic E-state index is -0.321. The van der Waals surface area contributed by atoms with Gasteiger partial charge >= 0.3 is 0 Å². The number of methoxy groups -OCH3 is 1. The molecule has 2 amide bonds. The lowest BCUT2D eigenvalue weighted by Gasteiger charge is -2.23. The highest BCUT2D eigenvalue weighted by atomic mass is 35.5. The number of hydrogen-bond acceptors (Lipinski definition) is 4. The molecule has 186 valence electrons. The molecule has 0 aliphatic carbocycles. The van der Waals surface area contributed by atoms with Gasteiger partial charge in [-0.2, -0.15) is 5.10 Å². The van der Waals surface area contributed by atoms with E-state index in [0.717, 1.165) is 11.3 Å². The van der Waals surface area contributed by atoms with Gasteiger partial charge in [0.05, 0.1) is 16.4 Å². The van der Waals surface area contributed by atoms with Crippen molar-refractivity contribution in [2.45, 2.75) is 39.5 Å². The Labute approximate surface area is 212 Å². The summed E-state index contributed by atoms with van der Waals surface area (Å²) in [4.78, 5) is 28.0. The number of ether oxygens (including phenoxy) is 1. The van der Waals surface area contributed by atoms with E-state index in [0.29, 0.717) is 41.7 Å². The minimum Gasteiger partial charge on any atom is -0.385 e. The number of hydrogen-bond donors (Lipinski definition) is 1. The van der Waals surface area contributed by atoms with E-state index in [2.05, 4.69) is 26.1 Å². The van der Waals surface area contributed by atoms with Gasteiger partial charge in [0.1, 0.15) is 12.4 Å². The molecular weight excluding hydrogens is 464 g/mol. The van der Waals surface area contributed by atoms with Crippen LogP contribution in [0.1, 0.15) is 48.8 Å². The van der Waals surface area contributed by atoms with Crippen LogP contribution in [-0.2, 0) is 14.9 Å². The van der Waals surface area contributed by atoms with Gasteiger partial charge in [-0.1, -0.05) is 62.7 Å². The fourth-order valence-electron chi connectivity index (χ4n) is 3.63. The lowest BCUT2D eigenvalue weighted by Crippen LogP contribution is -2.39. The highest BCUT2D eigenvalue weighted by molar-refractivity contribution is 6.32. The Morgan fingerprint density at radius 2 is 1.80 bits per heavy atom. The van der Waals surface area contributed by atoms with Crippen molar-refractivity contribution in [1.82, 2.24) is 14.7 Å². The maximum atomic E-state index is 13.3. The van der Waals surface area contributed by atoms with Crippen LogP contribution in [0.4, 0.5) is 5.82 Å². The second-order valence-electron chi connectivity index (χ2n) is 9.46. The summed E-state index contributed by atoms with van der Waals surface area (Å²) >= 11 is 6.43. The van der Waals surface area contributed by atoms with Crippen molar-refractivity contribution in [2.75, 3.05) is 32.1 Å². The summed E-state index contributed by atoms with van der Waals surface area (Å²) in [6.07, 6.45) is 0.618. The molecule has 1 heterocycles. The van der Waals surface area contributed by atoms with E-state index >= 15 is 0 Å². The van der Waals surface area contributed by atoms with Crippen LogP contribution >= 0.6 is 11.6 Å². The molecule has 1 aromatic heterocycles. The average Bonchev–Trinajstić information content (AvgIpc) is 3.22. The summed E-state index contributed by atoms with van der Waals surface area (Å²) in [6.45, 7) is 8.83. The number of anilines is 1. The molecule has 3 aromatic rings. The van der Waals surface area contributed by atoms with E-state index in [4.69, 9.17) is 21.4 Å². The number of amides is 2. The standard InChI is InChI=1S/C27H33ClN4O3/c1-19-11-6-7-12-20(19)26(34)31(15-10-16-35-5)18-25(33)29-24-17-23(27(2,3)4)30-32(24)22-14-9-8-13-21(22)28/h6-9,11-14,17H,10,15-16,18H2,1-5H3,(H,29,33). The van der Waals surface area contributed by atoms with E-state index < -0.39 is 0 Å². The van der Waals surface area contributed by atoms with E-state index in [-0.39, 0.29) is 23.8 Å². The molecule has 0 spiro atoms. The number of carbonyl (C=O) groups excluding carboxylic acids is 2. The Morgan fingerprint density at radius 3 is 2.46 bits per heavy atom. The number of aryl methyl sites for hydroxylation is 1. The zero-order valence-corrected chi connectivity index (χ0v) is 21.7. The van der Waals surface area contributed by atoms with Crippen LogP contribution in [0, 0.1) is 6.92 Å². The fourth-order valence-corrected chi connectivity index (χ4v) is 3.85. The molecule has 0 fully saturated rings. The van der Waals surface area contributed by atoms with E-state index in [1.165, 1.54) is 0 Å². The Hall–Kier alpha value is -3.16. The van der Waals surface area contributed by atoms with Gasteiger partial charge in [-0.15, -0.1) is 0 Å².